The normalized spacial score (nSPS) is 23.5. The largest absolute Gasteiger partial charge is 0.326 e. The SMILES string of the molecule is CCC(N)C(c1ccc(Br)s1)N(C)C1CCSC1. The molecule has 102 valence electrons. The summed E-state index contributed by atoms with van der Waals surface area (Å²) in [5, 5.41) is 0. The summed E-state index contributed by atoms with van der Waals surface area (Å²) in [6.07, 6.45) is 2.31. The van der Waals surface area contributed by atoms with Crippen LogP contribution in [0.3, 0.4) is 0 Å². The van der Waals surface area contributed by atoms with Gasteiger partial charge in [0.2, 0.25) is 0 Å². The van der Waals surface area contributed by atoms with Crippen molar-refractivity contribution in [3.63, 3.8) is 0 Å². The number of likely N-dealkylation sites (N-methyl/N-ethyl adjacent to an activating group) is 1. The van der Waals surface area contributed by atoms with Crippen molar-refractivity contribution in [1.29, 1.82) is 0 Å². The van der Waals surface area contributed by atoms with Crippen LogP contribution in [-0.4, -0.2) is 35.5 Å². The van der Waals surface area contributed by atoms with Gasteiger partial charge in [0.15, 0.2) is 0 Å². The summed E-state index contributed by atoms with van der Waals surface area (Å²) in [5.41, 5.74) is 6.37. The van der Waals surface area contributed by atoms with E-state index in [0.717, 1.165) is 6.42 Å². The zero-order valence-electron chi connectivity index (χ0n) is 10.9. The average Bonchev–Trinajstić information content (AvgIpc) is 3.00. The molecule has 0 saturated carbocycles. The van der Waals surface area contributed by atoms with Gasteiger partial charge in [-0.1, -0.05) is 6.92 Å². The number of thiophene rings is 1. The maximum absolute atomic E-state index is 6.37. The highest BCUT2D eigenvalue weighted by Crippen LogP contribution is 2.35. The lowest BCUT2D eigenvalue weighted by Gasteiger charge is -2.35. The monoisotopic (exact) mass is 348 g/mol. The molecule has 1 saturated heterocycles. The summed E-state index contributed by atoms with van der Waals surface area (Å²) in [4.78, 5) is 3.89. The maximum Gasteiger partial charge on any atom is 0.0702 e. The van der Waals surface area contributed by atoms with Crippen LogP contribution in [0.15, 0.2) is 15.9 Å². The van der Waals surface area contributed by atoms with Crippen molar-refractivity contribution in [2.45, 2.75) is 37.9 Å². The highest BCUT2D eigenvalue weighted by molar-refractivity contribution is 9.11. The summed E-state index contributed by atoms with van der Waals surface area (Å²) in [6.45, 7) is 2.18. The van der Waals surface area contributed by atoms with Gasteiger partial charge in [-0.15, -0.1) is 11.3 Å². The minimum Gasteiger partial charge on any atom is -0.326 e. The molecule has 0 aliphatic carbocycles. The van der Waals surface area contributed by atoms with E-state index in [2.05, 4.69) is 58.7 Å². The third-order valence-electron chi connectivity index (χ3n) is 3.68. The Hall–Kier alpha value is 0.450. The van der Waals surface area contributed by atoms with Gasteiger partial charge >= 0.3 is 0 Å². The molecule has 0 spiro atoms. The first-order valence-electron chi connectivity index (χ1n) is 6.44. The molecule has 18 heavy (non-hydrogen) atoms. The number of nitrogens with zero attached hydrogens (tertiary/aromatic N) is 1. The smallest absolute Gasteiger partial charge is 0.0702 e. The van der Waals surface area contributed by atoms with E-state index in [4.69, 9.17) is 5.73 Å². The Morgan fingerprint density at radius 2 is 2.33 bits per heavy atom. The first-order chi connectivity index (χ1) is 8.63. The van der Waals surface area contributed by atoms with Crippen LogP contribution in [0.25, 0.3) is 0 Å². The molecule has 1 aromatic heterocycles. The van der Waals surface area contributed by atoms with Gasteiger partial charge < -0.3 is 5.73 Å². The molecule has 0 radical (unpaired) electrons. The standard InChI is InChI=1S/C13H21BrN2S2/c1-3-10(15)13(11-4-5-12(14)18-11)16(2)9-6-7-17-8-9/h4-5,9-10,13H,3,6-8,15H2,1-2H3. The van der Waals surface area contributed by atoms with Gasteiger partial charge in [0.1, 0.15) is 0 Å². The second kappa shape index (κ2) is 6.75. The van der Waals surface area contributed by atoms with Crippen LogP contribution in [0.5, 0.6) is 0 Å². The highest BCUT2D eigenvalue weighted by Gasteiger charge is 2.31. The quantitative estimate of drug-likeness (QED) is 0.878. The van der Waals surface area contributed by atoms with E-state index in [9.17, 15) is 0 Å². The first kappa shape index (κ1) is 14.9. The van der Waals surface area contributed by atoms with E-state index < -0.39 is 0 Å². The molecular formula is C13H21BrN2S2. The van der Waals surface area contributed by atoms with Crippen molar-refractivity contribution >= 4 is 39.0 Å². The molecule has 2 N–H and O–H groups in total. The fourth-order valence-corrected chi connectivity index (χ4v) is 5.43. The van der Waals surface area contributed by atoms with Gasteiger partial charge in [0, 0.05) is 22.7 Å². The van der Waals surface area contributed by atoms with E-state index in [1.807, 2.05) is 11.3 Å². The van der Waals surface area contributed by atoms with Crippen LogP contribution >= 0.6 is 39.0 Å². The summed E-state index contributed by atoms with van der Waals surface area (Å²) in [5.74, 6) is 2.53. The number of halogens is 1. The van der Waals surface area contributed by atoms with Crippen molar-refractivity contribution in [2.24, 2.45) is 5.73 Å². The molecule has 5 heteroatoms. The molecule has 0 aromatic carbocycles. The van der Waals surface area contributed by atoms with Gasteiger partial charge in [0.05, 0.1) is 9.83 Å². The van der Waals surface area contributed by atoms with Gasteiger partial charge in [0.25, 0.3) is 0 Å². The topological polar surface area (TPSA) is 29.3 Å². The minimum absolute atomic E-state index is 0.214. The average molecular weight is 349 g/mol. The van der Waals surface area contributed by atoms with Crippen LogP contribution in [0.2, 0.25) is 0 Å². The molecule has 0 amide bonds. The molecule has 2 nitrogen and oxygen atoms in total. The Bertz CT molecular complexity index is 377. The maximum atomic E-state index is 6.37. The second-order valence-corrected chi connectivity index (χ2v) is 8.49. The molecule has 3 unspecified atom stereocenters. The van der Waals surface area contributed by atoms with Crippen LogP contribution in [-0.2, 0) is 0 Å². The summed E-state index contributed by atoms with van der Waals surface area (Å²) in [6, 6.07) is 5.60. The van der Waals surface area contributed by atoms with Crippen LogP contribution in [0.4, 0.5) is 0 Å². The van der Waals surface area contributed by atoms with Gasteiger partial charge in [-0.2, -0.15) is 11.8 Å². The molecule has 2 heterocycles. The predicted octanol–water partition coefficient (Wildman–Crippen LogP) is 3.73. The molecule has 1 aliphatic rings. The lowest BCUT2D eigenvalue weighted by Crippen LogP contribution is -2.43. The third kappa shape index (κ3) is 3.31. The molecule has 1 aromatic rings. The molecule has 3 atom stereocenters. The summed E-state index contributed by atoms with van der Waals surface area (Å²) >= 11 is 7.43. The zero-order valence-corrected chi connectivity index (χ0v) is 14.2. The van der Waals surface area contributed by atoms with Crippen molar-refractivity contribution in [3.05, 3.63) is 20.8 Å². The van der Waals surface area contributed by atoms with Crippen molar-refractivity contribution in [2.75, 3.05) is 18.6 Å². The molecular weight excluding hydrogens is 328 g/mol. The van der Waals surface area contributed by atoms with Gasteiger partial charge in [-0.25, -0.2) is 0 Å². The highest BCUT2D eigenvalue weighted by atomic mass is 79.9. The zero-order chi connectivity index (χ0) is 13.1. The number of hydrogen-bond donors (Lipinski definition) is 1. The Morgan fingerprint density at radius 1 is 1.56 bits per heavy atom. The minimum atomic E-state index is 0.214. The summed E-state index contributed by atoms with van der Waals surface area (Å²) in [7, 11) is 2.24. The van der Waals surface area contributed by atoms with Crippen LogP contribution in [0.1, 0.15) is 30.7 Å². The Kier molecular flexibility index (Phi) is 5.57. The lowest BCUT2D eigenvalue weighted by atomic mass is 10.0. The van der Waals surface area contributed by atoms with Crippen LogP contribution in [0, 0.1) is 0 Å². The van der Waals surface area contributed by atoms with E-state index in [1.54, 1.807) is 0 Å². The number of nitrogens with two attached hydrogens (primary N) is 1. The van der Waals surface area contributed by atoms with E-state index in [-0.39, 0.29) is 6.04 Å². The number of thioether (sulfide) groups is 1. The lowest BCUT2D eigenvalue weighted by molar-refractivity contribution is 0.164. The van der Waals surface area contributed by atoms with Crippen molar-refractivity contribution in [1.82, 2.24) is 4.90 Å². The fraction of sp³-hybridized carbons (Fsp3) is 0.692. The van der Waals surface area contributed by atoms with Crippen LogP contribution < -0.4 is 5.73 Å². The Labute approximate surface area is 126 Å². The van der Waals surface area contributed by atoms with E-state index in [0.29, 0.717) is 12.1 Å². The molecule has 2 rings (SSSR count). The first-order valence-corrected chi connectivity index (χ1v) is 9.20. The third-order valence-corrected chi connectivity index (χ3v) is 6.52. The van der Waals surface area contributed by atoms with Crippen molar-refractivity contribution in [3.8, 4) is 0 Å². The van der Waals surface area contributed by atoms with E-state index >= 15 is 0 Å². The Balaban J connectivity index is 2.18. The number of rotatable bonds is 5. The van der Waals surface area contributed by atoms with Gasteiger partial charge in [-0.3, -0.25) is 4.90 Å². The molecule has 1 aliphatic heterocycles. The number of hydrogen-bond acceptors (Lipinski definition) is 4. The second-order valence-electron chi connectivity index (χ2n) is 4.84. The fourth-order valence-electron chi connectivity index (χ4n) is 2.49. The van der Waals surface area contributed by atoms with Gasteiger partial charge in [-0.05, 0) is 53.7 Å². The molecule has 0 bridgehead atoms. The van der Waals surface area contributed by atoms with Crippen molar-refractivity contribution < 1.29 is 0 Å². The van der Waals surface area contributed by atoms with E-state index in [1.165, 1.54) is 26.6 Å². The predicted molar refractivity (Wildman–Crippen MR) is 86.5 cm³/mol. The molecule has 1 fully saturated rings. The Morgan fingerprint density at radius 3 is 2.83 bits per heavy atom. The summed E-state index contributed by atoms with van der Waals surface area (Å²) < 4.78 is 1.19.